The fraction of sp³-hybridized carbons (Fsp3) is 0.385. The average Bonchev–Trinajstić information content (AvgIpc) is 2.25. The highest BCUT2D eigenvalue weighted by atomic mass is 35.5. The Morgan fingerprint density at radius 3 is 2.87 bits per heavy atom. The van der Waals surface area contributed by atoms with Gasteiger partial charge in [0.1, 0.15) is 0 Å². The summed E-state index contributed by atoms with van der Waals surface area (Å²) in [7, 11) is 0. The topological polar surface area (TPSA) is 12.0 Å². The van der Waals surface area contributed by atoms with Crippen LogP contribution in [0.25, 0.3) is 0 Å². The molecule has 1 atom stereocenters. The van der Waals surface area contributed by atoms with Crippen LogP contribution >= 0.6 is 11.6 Å². The highest BCUT2D eigenvalue weighted by Crippen LogP contribution is 2.23. The summed E-state index contributed by atoms with van der Waals surface area (Å²) in [5.41, 5.74) is 2.16. The van der Waals surface area contributed by atoms with Crippen molar-refractivity contribution in [3.05, 3.63) is 34.3 Å². The van der Waals surface area contributed by atoms with E-state index in [1.165, 1.54) is 0 Å². The van der Waals surface area contributed by atoms with Crippen molar-refractivity contribution < 1.29 is 0 Å². The Labute approximate surface area is 96.8 Å². The summed E-state index contributed by atoms with van der Waals surface area (Å²) >= 11 is 6.05. The number of terminal acetylenes is 1. The van der Waals surface area contributed by atoms with Crippen LogP contribution in [-0.4, -0.2) is 6.54 Å². The molecule has 1 aromatic carbocycles. The maximum Gasteiger partial charge on any atom is 0.0946 e. The third-order valence-corrected chi connectivity index (χ3v) is 2.80. The van der Waals surface area contributed by atoms with Crippen molar-refractivity contribution >= 4 is 11.6 Å². The van der Waals surface area contributed by atoms with Gasteiger partial charge < -0.3 is 0 Å². The third-order valence-electron chi connectivity index (χ3n) is 2.39. The number of hydrogen-bond acceptors (Lipinski definition) is 1. The Morgan fingerprint density at radius 2 is 2.27 bits per heavy atom. The van der Waals surface area contributed by atoms with E-state index in [2.05, 4.69) is 18.2 Å². The summed E-state index contributed by atoms with van der Waals surface area (Å²) in [5, 5.41) is 4.08. The van der Waals surface area contributed by atoms with Crippen LogP contribution in [0.1, 0.15) is 30.5 Å². The van der Waals surface area contributed by atoms with Crippen LogP contribution in [0.15, 0.2) is 18.2 Å². The Morgan fingerprint density at radius 1 is 1.53 bits per heavy atom. The van der Waals surface area contributed by atoms with Gasteiger partial charge in [0.2, 0.25) is 0 Å². The van der Waals surface area contributed by atoms with Crippen molar-refractivity contribution in [3.63, 3.8) is 0 Å². The van der Waals surface area contributed by atoms with Crippen molar-refractivity contribution in [1.29, 1.82) is 0 Å². The van der Waals surface area contributed by atoms with Crippen molar-refractivity contribution in [3.8, 4) is 12.3 Å². The van der Waals surface area contributed by atoms with Crippen LogP contribution in [0.2, 0.25) is 5.02 Å². The molecule has 1 aromatic rings. The van der Waals surface area contributed by atoms with E-state index in [9.17, 15) is 0 Å². The van der Waals surface area contributed by atoms with Gasteiger partial charge in [-0.2, -0.15) is 0 Å². The van der Waals surface area contributed by atoms with Gasteiger partial charge in [0.25, 0.3) is 0 Å². The van der Waals surface area contributed by atoms with E-state index >= 15 is 0 Å². The monoisotopic (exact) mass is 221 g/mol. The van der Waals surface area contributed by atoms with Crippen molar-refractivity contribution in [1.82, 2.24) is 5.32 Å². The van der Waals surface area contributed by atoms with Crippen molar-refractivity contribution in [2.75, 3.05) is 6.54 Å². The molecule has 1 unspecified atom stereocenters. The van der Waals surface area contributed by atoms with Crippen molar-refractivity contribution in [2.24, 2.45) is 0 Å². The molecule has 0 aliphatic carbocycles. The van der Waals surface area contributed by atoms with Gasteiger partial charge in [0, 0.05) is 5.02 Å². The second kappa shape index (κ2) is 5.80. The molecule has 1 nitrogen and oxygen atoms in total. The van der Waals surface area contributed by atoms with Gasteiger partial charge in [-0.1, -0.05) is 36.6 Å². The van der Waals surface area contributed by atoms with Crippen LogP contribution in [0.3, 0.4) is 0 Å². The predicted molar refractivity (Wildman–Crippen MR) is 66.1 cm³/mol. The van der Waals surface area contributed by atoms with Gasteiger partial charge in [-0.3, -0.25) is 5.32 Å². The molecular weight excluding hydrogens is 206 g/mol. The molecule has 80 valence electrons. The normalized spacial score (nSPS) is 12.1. The number of rotatable bonds is 4. The first-order chi connectivity index (χ1) is 7.20. The largest absolute Gasteiger partial charge is 0.300 e. The molecule has 2 heteroatoms. The lowest BCUT2D eigenvalue weighted by Crippen LogP contribution is -2.21. The van der Waals surface area contributed by atoms with E-state index in [4.69, 9.17) is 18.0 Å². The van der Waals surface area contributed by atoms with Gasteiger partial charge in [-0.05, 0) is 37.1 Å². The van der Waals surface area contributed by atoms with Crippen LogP contribution in [0, 0.1) is 19.3 Å². The molecule has 0 aliphatic heterocycles. The Balaban J connectivity index is 2.93. The van der Waals surface area contributed by atoms with Gasteiger partial charge >= 0.3 is 0 Å². The standard InChI is InChI=1S/C13H16ClN/c1-4-9-15-13(5-2)11-7-6-8-12(14)10(11)3/h2,6-8,13,15H,4,9H2,1,3H3. The number of hydrogen-bond donors (Lipinski definition) is 1. The zero-order valence-corrected chi connectivity index (χ0v) is 9.93. The molecule has 0 aromatic heterocycles. The summed E-state index contributed by atoms with van der Waals surface area (Å²) in [5.74, 6) is 2.75. The van der Waals surface area contributed by atoms with Crippen LogP contribution in [0.5, 0.6) is 0 Å². The van der Waals surface area contributed by atoms with E-state index < -0.39 is 0 Å². The maximum absolute atomic E-state index is 6.05. The highest BCUT2D eigenvalue weighted by molar-refractivity contribution is 6.31. The van der Waals surface area contributed by atoms with Crippen molar-refractivity contribution in [2.45, 2.75) is 26.3 Å². The average molecular weight is 222 g/mol. The molecule has 0 bridgehead atoms. The van der Waals surface area contributed by atoms with E-state index in [-0.39, 0.29) is 6.04 Å². The molecule has 0 saturated carbocycles. The SMILES string of the molecule is C#CC(NCCC)c1cccc(Cl)c1C. The minimum absolute atomic E-state index is 0.0383. The molecule has 1 rings (SSSR count). The first kappa shape index (κ1) is 12.1. The minimum Gasteiger partial charge on any atom is -0.300 e. The second-order valence-electron chi connectivity index (χ2n) is 3.51. The van der Waals surface area contributed by atoms with Gasteiger partial charge in [-0.25, -0.2) is 0 Å². The molecule has 0 fully saturated rings. The molecule has 0 saturated heterocycles. The molecule has 0 spiro atoms. The summed E-state index contributed by atoms with van der Waals surface area (Å²) in [4.78, 5) is 0. The van der Waals surface area contributed by atoms with Gasteiger partial charge in [0.15, 0.2) is 0 Å². The fourth-order valence-electron chi connectivity index (χ4n) is 1.48. The summed E-state index contributed by atoms with van der Waals surface area (Å²) in [6.45, 7) is 5.03. The molecule has 1 N–H and O–H groups in total. The lowest BCUT2D eigenvalue weighted by Gasteiger charge is -2.15. The fourth-order valence-corrected chi connectivity index (χ4v) is 1.67. The number of halogens is 1. The number of nitrogens with one attached hydrogen (secondary N) is 1. The maximum atomic E-state index is 6.05. The van der Waals surface area contributed by atoms with Gasteiger partial charge in [0.05, 0.1) is 6.04 Å². The van der Waals surface area contributed by atoms with E-state index in [1.807, 2.05) is 25.1 Å². The molecule has 0 heterocycles. The van der Waals surface area contributed by atoms with Crippen LogP contribution in [0.4, 0.5) is 0 Å². The van der Waals surface area contributed by atoms with Crippen LogP contribution in [-0.2, 0) is 0 Å². The molecule has 15 heavy (non-hydrogen) atoms. The smallest absolute Gasteiger partial charge is 0.0946 e. The molecule has 0 aliphatic rings. The second-order valence-corrected chi connectivity index (χ2v) is 3.92. The Hall–Kier alpha value is -0.970. The third kappa shape index (κ3) is 2.99. The molecular formula is C13H16ClN. The summed E-state index contributed by atoms with van der Waals surface area (Å²) < 4.78 is 0. The summed E-state index contributed by atoms with van der Waals surface area (Å²) in [6, 6.07) is 5.80. The minimum atomic E-state index is -0.0383. The Kier molecular flexibility index (Phi) is 4.68. The summed E-state index contributed by atoms with van der Waals surface area (Å²) in [6.07, 6.45) is 6.58. The number of benzene rings is 1. The first-order valence-corrected chi connectivity index (χ1v) is 5.53. The predicted octanol–water partition coefficient (Wildman–Crippen LogP) is 3.32. The lowest BCUT2D eigenvalue weighted by molar-refractivity contribution is 0.624. The van der Waals surface area contributed by atoms with E-state index in [1.54, 1.807) is 0 Å². The first-order valence-electron chi connectivity index (χ1n) is 5.15. The van der Waals surface area contributed by atoms with E-state index in [0.29, 0.717) is 0 Å². The quantitative estimate of drug-likeness (QED) is 0.770. The zero-order chi connectivity index (χ0) is 11.3. The molecule has 0 radical (unpaired) electrons. The van der Waals surface area contributed by atoms with Gasteiger partial charge in [-0.15, -0.1) is 6.42 Å². The molecule has 0 amide bonds. The Bertz CT molecular complexity index is 365. The lowest BCUT2D eigenvalue weighted by atomic mass is 10.0. The zero-order valence-electron chi connectivity index (χ0n) is 9.18. The van der Waals surface area contributed by atoms with E-state index in [0.717, 1.165) is 29.1 Å². The highest BCUT2D eigenvalue weighted by Gasteiger charge is 2.11. The van der Waals surface area contributed by atoms with Crippen LogP contribution < -0.4 is 5.32 Å².